The Hall–Kier alpha value is -3.81. The van der Waals surface area contributed by atoms with E-state index in [-0.39, 0.29) is 11.3 Å². The summed E-state index contributed by atoms with van der Waals surface area (Å²) in [5.74, 6) is 0.206. The molecule has 0 spiro atoms. The largest absolute Gasteiger partial charge is 0.507 e. The molecule has 1 aliphatic rings. The number of imidazole rings is 1. The highest BCUT2D eigenvalue weighted by Gasteiger charge is 2.47. The van der Waals surface area contributed by atoms with Gasteiger partial charge in [0.15, 0.2) is 0 Å². The van der Waals surface area contributed by atoms with Gasteiger partial charge in [0.25, 0.3) is 11.7 Å². The molecule has 0 saturated carbocycles. The van der Waals surface area contributed by atoms with Crippen LogP contribution in [0.4, 0.5) is 0 Å². The topological polar surface area (TPSA) is 99.6 Å². The second-order valence-corrected chi connectivity index (χ2v) is 8.02. The van der Waals surface area contributed by atoms with Crippen LogP contribution in [0.5, 0.6) is 5.75 Å². The van der Waals surface area contributed by atoms with Gasteiger partial charge in [-0.3, -0.25) is 14.6 Å². The maximum Gasteiger partial charge on any atom is 0.295 e. The van der Waals surface area contributed by atoms with Crippen molar-refractivity contribution >= 4 is 17.4 Å². The van der Waals surface area contributed by atoms with Crippen molar-refractivity contribution in [2.45, 2.75) is 39.3 Å². The summed E-state index contributed by atoms with van der Waals surface area (Å²) in [6.45, 7) is 5.43. The van der Waals surface area contributed by atoms with E-state index in [1.54, 1.807) is 43.3 Å². The molecule has 8 nitrogen and oxygen atoms in total. The average Bonchev–Trinajstić information content (AvgIpc) is 3.54. The highest BCUT2D eigenvalue weighted by Crippen LogP contribution is 2.40. The molecule has 0 bridgehead atoms. The van der Waals surface area contributed by atoms with Crippen molar-refractivity contribution in [2.24, 2.45) is 0 Å². The number of carbonyl (C=O) groups is 2. The monoisotopic (exact) mass is 450 g/mol. The molecule has 1 fully saturated rings. The lowest BCUT2D eigenvalue weighted by Gasteiger charge is -2.23. The summed E-state index contributed by atoms with van der Waals surface area (Å²) in [5.41, 5.74) is 0.471. The number of hydrogen-bond donors (Lipinski definition) is 2. The number of aromatic nitrogens is 2. The fourth-order valence-corrected chi connectivity index (χ4v) is 3.97. The lowest BCUT2D eigenvalue weighted by Crippen LogP contribution is -2.35. The SMILES string of the molecule is CCCOc1ccc(/C(O)=C2\C(=O)C(=O)N(CCC[n+]3cc[nH]c3)C2c2ccc(C)o2)cc1. The lowest BCUT2D eigenvalue weighted by atomic mass is 9.99. The molecule has 1 amide bonds. The van der Waals surface area contributed by atoms with Crippen LogP contribution >= 0.6 is 0 Å². The van der Waals surface area contributed by atoms with Gasteiger partial charge >= 0.3 is 0 Å². The Labute approximate surface area is 192 Å². The number of carbonyl (C=O) groups excluding carboxylic acids is 2. The number of likely N-dealkylation sites (tertiary alicyclic amines) is 1. The quantitative estimate of drug-likeness (QED) is 0.225. The van der Waals surface area contributed by atoms with E-state index >= 15 is 0 Å². The van der Waals surface area contributed by atoms with Gasteiger partial charge in [0.2, 0.25) is 6.33 Å². The summed E-state index contributed by atoms with van der Waals surface area (Å²) in [4.78, 5) is 30.5. The summed E-state index contributed by atoms with van der Waals surface area (Å²) < 4.78 is 13.4. The van der Waals surface area contributed by atoms with Gasteiger partial charge in [-0.2, -0.15) is 0 Å². The second-order valence-electron chi connectivity index (χ2n) is 8.02. The standard InChI is InChI=1S/C25H27N3O5/c1-3-15-32-19-8-6-18(7-9-19)23(29)21-22(20-10-5-17(2)33-20)28(25(31)24(21)30)13-4-12-27-14-11-26-16-27/h5-11,14,16,22H,3-4,12-13,15H2,1-2H3,(H,29,30)/p+1. The first kappa shape index (κ1) is 22.4. The summed E-state index contributed by atoms with van der Waals surface area (Å²) in [6, 6.07) is 9.58. The van der Waals surface area contributed by atoms with Gasteiger partial charge in [0.05, 0.1) is 18.7 Å². The summed E-state index contributed by atoms with van der Waals surface area (Å²) in [5, 5.41) is 11.1. The number of aliphatic hydroxyl groups is 1. The van der Waals surface area contributed by atoms with Gasteiger partial charge in [0.1, 0.15) is 41.5 Å². The van der Waals surface area contributed by atoms with E-state index in [9.17, 15) is 14.7 Å². The fraction of sp³-hybridized carbons (Fsp3) is 0.320. The van der Waals surface area contributed by atoms with Crippen molar-refractivity contribution in [1.82, 2.24) is 9.88 Å². The van der Waals surface area contributed by atoms with Crippen molar-refractivity contribution in [3.63, 3.8) is 0 Å². The van der Waals surface area contributed by atoms with Gasteiger partial charge in [-0.1, -0.05) is 6.92 Å². The summed E-state index contributed by atoms with van der Waals surface area (Å²) >= 11 is 0. The number of ether oxygens (including phenoxy) is 1. The fourth-order valence-electron chi connectivity index (χ4n) is 3.97. The van der Waals surface area contributed by atoms with Crippen molar-refractivity contribution in [3.8, 4) is 5.75 Å². The maximum atomic E-state index is 13.0. The number of Topliss-reactive ketones (excluding diaryl/α,β-unsaturated/α-hetero) is 1. The Kier molecular flexibility index (Phi) is 6.63. The highest BCUT2D eigenvalue weighted by atomic mass is 16.5. The van der Waals surface area contributed by atoms with E-state index < -0.39 is 17.7 Å². The van der Waals surface area contributed by atoms with Crippen molar-refractivity contribution in [1.29, 1.82) is 0 Å². The van der Waals surface area contributed by atoms with Crippen LogP contribution in [0.25, 0.3) is 5.76 Å². The number of nitrogens with zero attached hydrogens (tertiary/aromatic N) is 2. The number of aliphatic hydroxyl groups excluding tert-OH is 1. The van der Waals surface area contributed by atoms with Gasteiger partial charge in [0, 0.05) is 18.5 Å². The van der Waals surface area contributed by atoms with Crippen LogP contribution in [0, 0.1) is 6.92 Å². The normalized spacial score (nSPS) is 17.6. The number of amides is 1. The molecule has 2 aromatic heterocycles. The van der Waals surface area contributed by atoms with E-state index in [1.165, 1.54) is 4.90 Å². The molecular formula is C25H28N3O5+. The molecular weight excluding hydrogens is 422 g/mol. The third-order valence-corrected chi connectivity index (χ3v) is 5.59. The molecule has 3 aromatic rings. The smallest absolute Gasteiger partial charge is 0.295 e. The molecule has 3 heterocycles. The van der Waals surface area contributed by atoms with Crippen LogP contribution in [-0.2, 0) is 16.1 Å². The first-order chi connectivity index (χ1) is 16.0. The number of rotatable bonds is 9. The molecule has 0 radical (unpaired) electrons. The first-order valence-electron chi connectivity index (χ1n) is 11.1. The predicted molar refractivity (Wildman–Crippen MR) is 120 cm³/mol. The van der Waals surface area contributed by atoms with Crippen LogP contribution in [0.3, 0.4) is 0 Å². The summed E-state index contributed by atoms with van der Waals surface area (Å²) in [7, 11) is 0. The number of aryl methyl sites for hydroxylation is 2. The minimum Gasteiger partial charge on any atom is -0.507 e. The third kappa shape index (κ3) is 4.69. The van der Waals surface area contributed by atoms with Crippen molar-refractivity contribution in [2.75, 3.05) is 13.2 Å². The molecule has 2 N–H and O–H groups in total. The van der Waals surface area contributed by atoms with Gasteiger partial charge in [-0.15, -0.1) is 0 Å². The molecule has 1 saturated heterocycles. The number of nitrogens with one attached hydrogen (secondary N) is 1. The van der Waals surface area contributed by atoms with E-state index in [4.69, 9.17) is 9.15 Å². The zero-order valence-corrected chi connectivity index (χ0v) is 18.8. The Morgan fingerprint density at radius 3 is 2.64 bits per heavy atom. The van der Waals surface area contributed by atoms with Gasteiger partial charge < -0.3 is 19.2 Å². The highest BCUT2D eigenvalue weighted by molar-refractivity contribution is 6.46. The zero-order chi connectivity index (χ0) is 23.4. The van der Waals surface area contributed by atoms with Crippen LogP contribution in [0.1, 0.15) is 42.9 Å². The minimum atomic E-state index is -0.786. The molecule has 33 heavy (non-hydrogen) atoms. The first-order valence-corrected chi connectivity index (χ1v) is 11.1. The van der Waals surface area contributed by atoms with E-state index in [0.717, 1.165) is 6.42 Å². The van der Waals surface area contributed by atoms with Crippen LogP contribution in [-0.4, -0.2) is 39.8 Å². The lowest BCUT2D eigenvalue weighted by molar-refractivity contribution is -0.695. The average molecular weight is 451 g/mol. The molecule has 8 heteroatoms. The molecule has 4 rings (SSSR count). The summed E-state index contributed by atoms with van der Waals surface area (Å²) in [6.07, 6.45) is 7.06. The zero-order valence-electron chi connectivity index (χ0n) is 18.8. The van der Waals surface area contributed by atoms with Crippen LogP contribution in [0.15, 0.2) is 65.1 Å². The number of hydrogen-bond acceptors (Lipinski definition) is 5. The van der Waals surface area contributed by atoms with Crippen LogP contribution in [0.2, 0.25) is 0 Å². The molecule has 1 aromatic carbocycles. The molecule has 1 atom stereocenters. The molecule has 172 valence electrons. The number of aromatic amines is 1. The number of benzene rings is 1. The van der Waals surface area contributed by atoms with E-state index in [0.29, 0.717) is 49.0 Å². The second kappa shape index (κ2) is 9.77. The van der Waals surface area contributed by atoms with Gasteiger partial charge in [-0.05, 0) is 49.7 Å². The number of H-pyrrole nitrogens is 1. The van der Waals surface area contributed by atoms with Crippen molar-refractivity contribution < 1.29 is 28.4 Å². The Morgan fingerprint density at radius 1 is 1.21 bits per heavy atom. The Balaban J connectivity index is 1.65. The Morgan fingerprint density at radius 2 is 2.00 bits per heavy atom. The Bertz CT molecular complexity index is 1150. The molecule has 1 unspecified atom stereocenters. The van der Waals surface area contributed by atoms with E-state index in [2.05, 4.69) is 4.98 Å². The third-order valence-electron chi connectivity index (χ3n) is 5.59. The van der Waals surface area contributed by atoms with Crippen LogP contribution < -0.4 is 9.30 Å². The number of ketones is 1. The van der Waals surface area contributed by atoms with Gasteiger partial charge in [-0.25, -0.2) is 4.57 Å². The van der Waals surface area contributed by atoms with Crippen molar-refractivity contribution in [3.05, 3.63) is 77.8 Å². The molecule has 1 aliphatic heterocycles. The number of furan rings is 1. The predicted octanol–water partition coefficient (Wildman–Crippen LogP) is 3.50. The minimum absolute atomic E-state index is 0.0332. The van der Waals surface area contributed by atoms with E-state index in [1.807, 2.05) is 30.2 Å². The maximum absolute atomic E-state index is 13.0. The molecule has 0 aliphatic carbocycles.